The molecule has 13 heteroatoms. The van der Waals surface area contributed by atoms with Crippen molar-refractivity contribution in [2.75, 3.05) is 41.5 Å². The van der Waals surface area contributed by atoms with E-state index in [4.69, 9.17) is 9.47 Å². The lowest BCUT2D eigenvalue weighted by atomic mass is 9.82. The molecule has 3 fully saturated rings. The van der Waals surface area contributed by atoms with Crippen molar-refractivity contribution in [3.8, 4) is 5.75 Å². The van der Waals surface area contributed by atoms with Crippen LogP contribution in [-0.2, 0) is 44.2 Å². The highest BCUT2D eigenvalue weighted by atomic mass is 28.3. The molecule has 0 saturated carbocycles. The van der Waals surface area contributed by atoms with Gasteiger partial charge in [-0.05, 0) is 60.0 Å². The number of aromatic nitrogens is 3. The van der Waals surface area contributed by atoms with Gasteiger partial charge in [-0.15, -0.1) is 5.10 Å². The van der Waals surface area contributed by atoms with Crippen molar-refractivity contribution >= 4 is 48.0 Å². The molecule has 4 aromatic rings. The number of amides is 3. The average Bonchev–Trinajstić information content (AvgIpc) is 3.80. The topological polar surface area (TPSA) is 130 Å². The van der Waals surface area contributed by atoms with Crippen molar-refractivity contribution in [3.05, 3.63) is 89.7 Å². The third-order valence-electron chi connectivity index (χ3n) is 12.0. The van der Waals surface area contributed by atoms with E-state index in [2.05, 4.69) is 42.5 Å². The van der Waals surface area contributed by atoms with Crippen LogP contribution in [-0.4, -0.2) is 78.8 Å². The van der Waals surface area contributed by atoms with Gasteiger partial charge in [0.15, 0.2) is 5.60 Å². The molecule has 0 unspecified atom stereocenters. The van der Waals surface area contributed by atoms with E-state index in [-0.39, 0.29) is 41.9 Å². The predicted octanol–water partition coefficient (Wildman–Crippen LogP) is 4.15. The molecule has 4 atom stereocenters. The Hall–Kier alpha value is -4.85. The van der Waals surface area contributed by atoms with Crippen molar-refractivity contribution < 1.29 is 29.0 Å². The Morgan fingerprint density at radius 1 is 0.943 bits per heavy atom. The number of carbonyl (C=O) groups excluding carboxylic acids is 3. The fourth-order valence-electron chi connectivity index (χ4n) is 8.97. The van der Waals surface area contributed by atoms with E-state index in [0.29, 0.717) is 45.3 Å². The molecule has 4 aliphatic rings. The molecule has 0 radical (unpaired) electrons. The lowest BCUT2D eigenvalue weighted by molar-refractivity contribution is -0.146. The molecule has 3 amide bonds. The Balaban J connectivity index is 1.19. The molecule has 0 aliphatic carbocycles. The van der Waals surface area contributed by atoms with Gasteiger partial charge in [-0.1, -0.05) is 54.7 Å². The first kappa shape index (κ1) is 35.2. The van der Waals surface area contributed by atoms with Gasteiger partial charge >= 0.3 is 0 Å². The first-order valence-electron chi connectivity index (χ1n) is 18.5. The van der Waals surface area contributed by atoms with Crippen LogP contribution in [0.5, 0.6) is 5.75 Å². The van der Waals surface area contributed by atoms with Crippen LogP contribution >= 0.6 is 0 Å². The number of hydrogen-bond acceptors (Lipinski definition) is 8. The van der Waals surface area contributed by atoms with Crippen LogP contribution in [0.15, 0.2) is 72.9 Å². The van der Waals surface area contributed by atoms with E-state index in [1.54, 1.807) is 21.6 Å². The van der Waals surface area contributed by atoms with Crippen LogP contribution in [0.4, 0.5) is 17.1 Å². The molecular formula is C40H46N6O6Si. The molecule has 3 aromatic carbocycles. The summed E-state index contributed by atoms with van der Waals surface area (Å²) in [6, 6.07) is 22.1. The number of aliphatic hydroxyl groups excluding tert-OH is 1. The summed E-state index contributed by atoms with van der Waals surface area (Å²) in [6.45, 7) is 9.12. The highest BCUT2D eigenvalue weighted by molar-refractivity contribution is 6.91. The molecule has 53 heavy (non-hydrogen) atoms. The lowest BCUT2D eigenvalue weighted by Gasteiger charge is -2.37. The Bertz CT molecular complexity index is 2050. The number of benzene rings is 3. The molecule has 1 spiro atoms. The number of methoxy groups -OCH3 is 1. The zero-order valence-electron chi connectivity index (χ0n) is 30.7. The quantitative estimate of drug-likeness (QED) is 0.170. The van der Waals surface area contributed by atoms with Gasteiger partial charge in [-0.2, -0.15) is 0 Å². The van der Waals surface area contributed by atoms with Gasteiger partial charge in [-0.25, -0.2) is 0 Å². The van der Waals surface area contributed by atoms with Gasteiger partial charge in [0.05, 0.1) is 39.2 Å². The third-order valence-corrected chi connectivity index (χ3v) is 16.4. The van der Waals surface area contributed by atoms with Crippen LogP contribution in [0.2, 0.25) is 18.6 Å². The van der Waals surface area contributed by atoms with E-state index < -0.39 is 13.7 Å². The number of β-lactam (4-membered cyclic amide) rings is 2. The summed E-state index contributed by atoms with van der Waals surface area (Å²) in [5, 5.41) is 19.2. The fraction of sp³-hybridized carbons (Fsp3) is 0.425. The minimum absolute atomic E-state index is 0.000510. The van der Waals surface area contributed by atoms with Crippen LogP contribution in [0.25, 0.3) is 0 Å². The molecule has 5 heterocycles. The minimum atomic E-state index is -2.38. The second kappa shape index (κ2) is 13.5. The predicted molar refractivity (Wildman–Crippen MR) is 203 cm³/mol. The molecule has 3 saturated heterocycles. The zero-order chi connectivity index (χ0) is 37.1. The highest BCUT2D eigenvalue weighted by Gasteiger charge is 2.66. The summed E-state index contributed by atoms with van der Waals surface area (Å²) in [5.74, 6) is 0.660. The number of fused-ring (bicyclic) bond motifs is 2. The lowest BCUT2D eigenvalue weighted by Crippen LogP contribution is -2.51. The first-order valence-corrected chi connectivity index (χ1v) is 21.6. The molecule has 12 nitrogen and oxygen atoms in total. The molecule has 276 valence electrons. The Morgan fingerprint density at radius 3 is 2.25 bits per heavy atom. The van der Waals surface area contributed by atoms with Crippen molar-refractivity contribution in [2.45, 2.75) is 76.0 Å². The molecular weight excluding hydrogens is 689 g/mol. The largest absolute Gasteiger partial charge is 0.497 e. The summed E-state index contributed by atoms with van der Waals surface area (Å²) in [6.07, 6.45) is 3.68. The van der Waals surface area contributed by atoms with Crippen molar-refractivity contribution in [2.24, 2.45) is 5.92 Å². The molecule has 0 bridgehead atoms. The number of nitrogens with zero attached hydrogens (tertiary/aromatic N) is 6. The number of ether oxygens (including phenoxy) is 2. The normalized spacial score (nSPS) is 23.8. The maximum absolute atomic E-state index is 15.3. The summed E-state index contributed by atoms with van der Waals surface area (Å²) >= 11 is 0. The van der Waals surface area contributed by atoms with Crippen LogP contribution < -0.4 is 24.6 Å². The molecule has 1 aromatic heterocycles. The summed E-state index contributed by atoms with van der Waals surface area (Å²) < 4.78 is 14.6. The number of aryl methyl sites for hydroxylation is 1. The second-order valence-corrected chi connectivity index (χ2v) is 19.9. The third kappa shape index (κ3) is 5.85. The zero-order valence-corrected chi connectivity index (χ0v) is 31.7. The smallest absolute Gasteiger partial charge is 0.264 e. The van der Waals surface area contributed by atoms with Crippen LogP contribution in [0.3, 0.4) is 0 Å². The minimum Gasteiger partial charge on any atom is -0.497 e. The van der Waals surface area contributed by atoms with Gasteiger partial charge in [-0.3, -0.25) is 19.1 Å². The number of carbonyl (C=O) groups is 3. The fourth-order valence-corrected chi connectivity index (χ4v) is 13.0. The Kier molecular flexibility index (Phi) is 8.98. The highest BCUT2D eigenvalue weighted by Crippen LogP contribution is 2.60. The Labute approximate surface area is 310 Å². The maximum atomic E-state index is 15.3. The van der Waals surface area contributed by atoms with Gasteiger partial charge in [0.2, 0.25) is 11.8 Å². The van der Waals surface area contributed by atoms with Crippen molar-refractivity contribution in [3.63, 3.8) is 0 Å². The molecule has 8 rings (SSSR count). The van der Waals surface area contributed by atoms with Gasteiger partial charge < -0.3 is 29.3 Å². The van der Waals surface area contributed by atoms with Gasteiger partial charge in [0, 0.05) is 74.6 Å². The van der Waals surface area contributed by atoms with Crippen LogP contribution in [0, 0.1) is 5.92 Å². The van der Waals surface area contributed by atoms with E-state index in [1.807, 2.05) is 65.7 Å². The van der Waals surface area contributed by atoms with Crippen molar-refractivity contribution in [1.29, 1.82) is 0 Å². The summed E-state index contributed by atoms with van der Waals surface area (Å²) in [5.41, 5.74) is 3.63. The average molecular weight is 735 g/mol. The monoisotopic (exact) mass is 734 g/mol. The summed E-state index contributed by atoms with van der Waals surface area (Å²) in [7, 11) is -0.718. The van der Waals surface area contributed by atoms with E-state index in [9.17, 15) is 14.7 Å². The second-order valence-electron chi connectivity index (χ2n) is 15.2. The first-order chi connectivity index (χ1) is 25.5. The standard InChI is InChI=1S/C40H46N6O6Si/c1-26-38(53(3,4)32-12-10-31(51-2)11-13-32)35(15-19-43-25-28(18-22-47)41-42-43)52-40(26)33-23-30(45-21-17-37(45)49)9-14-34(33)46(39(40)50)24-27-5-7-29(8-6-27)44-20-16-36(44)48/h5-14,23,25-26,35,38,47H,15-22,24H2,1-4H3/t26-,35+,38-,40+/m0/s1. The van der Waals surface area contributed by atoms with E-state index in [1.165, 1.54) is 5.19 Å². The van der Waals surface area contributed by atoms with Crippen LogP contribution in [0.1, 0.15) is 43.0 Å². The number of aliphatic hydroxyl groups is 1. The number of rotatable bonds is 12. The molecule has 4 aliphatic heterocycles. The Morgan fingerprint density at radius 2 is 1.62 bits per heavy atom. The SMILES string of the molecule is COc1ccc([Si](C)(C)[C@@H]2[C@@H](CCn3cc(CCO)nn3)O[C@]3(C(=O)N(Cc4ccc(N5CCC5=O)cc4)c4ccc(N5CCC5=O)cc43)[C@H]2C)cc1. The number of anilines is 3. The van der Waals surface area contributed by atoms with Crippen molar-refractivity contribution in [1.82, 2.24) is 15.0 Å². The van der Waals surface area contributed by atoms with Gasteiger partial charge in [0.25, 0.3) is 5.91 Å². The van der Waals surface area contributed by atoms with E-state index in [0.717, 1.165) is 46.2 Å². The number of hydrogen-bond donors (Lipinski definition) is 1. The molecule has 1 N–H and O–H groups in total. The van der Waals surface area contributed by atoms with Gasteiger partial charge in [0.1, 0.15) is 5.75 Å². The summed E-state index contributed by atoms with van der Waals surface area (Å²) in [4.78, 5) is 45.4. The van der Waals surface area contributed by atoms with E-state index >= 15 is 4.79 Å². The maximum Gasteiger partial charge on any atom is 0.264 e.